The van der Waals surface area contributed by atoms with E-state index >= 15 is 0 Å². The van der Waals surface area contributed by atoms with Crippen molar-refractivity contribution in [3.63, 3.8) is 0 Å². The summed E-state index contributed by atoms with van der Waals surface area (Å²) in [5, 5.41) is 11.6. The second kappa shape index (κ2) is 10.4. The van der Waals surface area contributed by atoms with E-state index in [0.717, 1.165) is 0 Å². The molecule has 0 bridgehead atoms. The molecule has 8 nitrogen and oxygen atoms in total. The normalized spacial score (nSPS) is 13.0. The predicted octanol–water partition coefficient (Wildman–Crippen LogP) is 0.509. The van der Waals surface area contributed by atoms with Crippen molar-refractivity contribution in [3.8, 4) is 5.75 Å². The zero-order valence-corrected chi connectivity index (χ0v) is 15.2. The molecule has 1 rings (SSSR count). The van der Waals surface area contributed by atoms with Crippen LogP contribution < -0.4 is 11.1 Å². The van der Waals surface area contributed by atoms with Crippen molar-refractivity contribution >= 4 is 17.8 Å². The molecule has 4 N–H and O–H groups in total. The average molecular weight is 366 g/mol. The maximum Gasteiger partial charge on any atom is 0.325 e. The van der Waals surface area contributed by atoms with Gasteiger partial charge in [-0.25, -0.2) is 0 Å². The van der Waals surface area contributed by atoms with Gasteiger partial charge in [-0.3, -0.25) is 14.4 Å². The number of esters is 2. The highest BCUT2D eigenvalue weighted by atomic mass is 16.6. The Balaban J connectivity index is 2.27. The Labute approximate surface area is 152 Å². The molecule has 0 saturated carbocycles. The van der Waals surface area contributed by atoms with Crippen molar-refractivity contribution in [2.45, 2.75) is 39.3 Å². The van der Waals surface area contributed by atoms with Crippen LogP contribution in [0.1, 0.15) is 26.3 Å². The summed E-state index contributed by atoms with van der Waals surface area (Å²) in [6.07, 6.45) is -0.605. The van der Waals surface area contributed by atoms with Crippen molar-refractivity contribution in [1.29, 1.82) is 0 Å². The zero-order valence-electron chi connectivity index (χ0n) is 15.2. The first-order chi connectivity index (χ1) is 12.2. The summed E-state index contributed by atoms with van der Waals surface area (Å²) in [6.45, 7) is 4.79. The number of aromatic hydroxyl groups is 1. The van der Waals surface area contributed by atoms with Crippen LogP contribution in [-0.4, -0.2) is 48.2 Å². The Morgan fingerprint density at radius 2 is 1.73 bits per heavy atom. The number of benzene rings is 1. The highest BCUT2D eigenvalue weighted by Crippen LogP contribution is 2.10. The molecule has 1 aromatic rings. The number of rotatable bonds is 9. The maximum absolute atomic E-state index is 11.7. The lowest BCUT2D eigenvalue weighted by Gasteiger charge is -2.16. The smallest absolute Gasteiger partial charge is 0.325 e. The Morgan fingerprint density at radius 1 is 1.12 bits per heavy atom. The molecule has 0 aliphatic heterocycles. The minimum atomic E-state index is -0.693. The molecule has 0 fully saturated rings. The number of hydrogen-bond acceptors (Lipinski definition) is 7. The molecule has 8 heteroatoms. The molecule has 0 aliphatic carbocycles. The number of hydrogen-bond donors (Lipinski definition) is 3. The second-order valence-electron chi connectivity index (χ2n) is 6.31. The summed E-state index contributed by atoms with van der Waals surface area (Å²) in [4.78, 5) is 35.1. The van der Waals surface area contributed by atoms with E-state index in [1.807, 2.05) is 0 Å². The van der Waals surface area contributed by atoms with Gasteiger partial charge >= 0.3 is 11.9 Å². The van der Waals surface area contributed by atoms with Gasteiger partial charge < -0.3 is 25.6 Å². The molecular weight excluding hydrogens is 340 g/mol. The largest absolute Gasteiger partial charge is 0.508 e. The van der Waals surface area contributed by atoms with Crippen LogP contribution >= 0.6 is 0 Å². The van der Waals surface area contributed by atoms with Crippen LogP contribution in [0.4, 0.5) is 0 Å². The van der Waals surface area contributed by atoms with Crippen molar-refractivity contribution in [2.24, 2.45) is 11.7 Å². The van der Waals surface area contributed by atoms with Crippen molar-refractivity contribution in [2.75, 3.05) is 13.2 Å². The van der Waals surface area contributed by atoms with Gasteiger partial charge in [-0.1, -0.05) is 26.0 Å². The summed E-state index contributed by atoms with van der Waals surface area (Å²) >= 11 is 0. The fourth-order valence-electron chi connectivity index (χ4n) is 1.92. The quantitative estimate of drug-likeness (QED) is 0.543. The van der Waals surface area contributed by atoms with E-state index in [2.05, 4.69) is 5.32 Å². The van der Waals surface area contributed by atoms with E-state index in [0.29, 0.717) is 5.56 Å². The topological polar surface area (TPSA) is 128 Å². The maximum atomic E-state index is 11.7. The molecule has 1 aromatic carbocycles. The number of amides is 1. The lowest BCUT2D eigenvalue weighted by Crippen LogP contribution is -2.46. The molecule has 2 atom stereocenters. The predicted molar refractivity (Wildman–Crippen MR) is 94.1 cm³/mol. The third-order valence-corrected chi connectivity index (χ3v) is 3.52. The number of carbonyl (C=O) groups is 3. The third-order valence-electron chi connectivity index (χ3n) is 3.52. The van der Waals surface area contributed by atoms with Gasteiger partial charge in [0.15, 0.2) is 0 Å². The molecule has 2 unspecified atom stereocenters. The minimum Gasteiger partial charge on any atom is -0.508 e. The van der Waals surface area contributed by atoms with E-state index in [4.69, 9.17) is 15.2 Å². The monoisotopic (exact) mass is 366 g/mol. The molecule has 1 amide bonds. The first kappa shape index (κ1) is 21.4. The third kappa shape index (κ3) is 7.98. The Hall–Kier alpha value is -2.61. The second-order valence-corrected chi connectivity index (χ2v) is 6.31. The minimum absolute atomic E-state index is 0.0436. The fraction of sp³-hybridized carbons (Fsp3) is 0.500. The van der Waals surface area contributed by atoms with E-state index in [1.165, 1.54) is 12.1 Å². The lowest BCUT2D eigenvalue weighted by molar-refractivity contribution is -0.157. The highest BCUT2D eigenvalue weighted by molar-refractivity contribution is 5.85. The van der Waals surface area contributed by atoms with E-state index in [1.54, 1.807) is 32.9 Å². The van der Waals surface area contributed by atoms with Crippen molar-refractivity contribution in [1.82, 2.24) is 5.32 Å². The molecule has 0 saturated heterocycles. The van der Waals surface area contributed by atoms with Crippen LogP contribution in [0.25, 0.3) is 0 Å². The molecular formula is C18H26N2O6. The average Bonchev–Trinajstić information content (AvgIpc) is 2.59. The first-order valence-electron chi connectivity index (χ1n) is 8.35. The van der Waals surface area contributed by atoms with Crippen molar-refractivity contribution < 1.29 is 29.0 Å². The van der Waals surface area contributed by atoms with Crippen LogP contribution in [0.15, 0.2) is 24.3 Å². The molecule has 0 aliphatic rings. The summed E-state index contributed by atoms with van der Waals surface area (Å²) < 4.78 is 10.1. The molecule has 26 heavy (non-hydrogen) atoms. The SMILES string of the molecule is CC(COC(=O)Cc1ccc(O)cc1)OC(=O)CNC(=O)C(N)C(C)C. The summed E-state index contributed by atoms with van der Waals surface area (Å²) in [6, 6.07) is 5.50. The van der Waals surface area contributed by atoms with Gasteiger partial charge in [-0.2, -0.15) is 0 Å². The number of nitrogens with one attached hydrogen (secondary N) is 1. The standard InChI is InChI=1S/C18H26N2O6/c1-11(2)17(19)18(24)20-9-16(23)26-12(3)10-25-15(22)8-13-4-6-14(21)7-5-13/h4-7,11-12,17,21H,8-10,19H2,1-3H3,(H,20,24). The van der Waals surface area contributed by atoms with Gasteiger partial charge in [0, 0.05) is 0 Å². The van der Waals surface area contributed by atoms with E-state index in [-0.39, 0.29) is 31.2 Å². The number of nitrogens with two attached hydrogens (primary N) is 1. The summed E-state index contributed by atoms with van der Waals surface area (Å²) in [7, 11) is 0. The van der Waals surface area contributed by atoms with E-state index in [9.17, 15) is 19.5 Å². The van der Waals surface area contributed by atoms with Gasteiger partial charge in [-0.05, 0) is 30.5 Å². The molecule has 0 radical (unpaired) electrons. The first-order valence-corrected chi connectivity index (χ1v) is 8.35. The van der Waals surface area contributed by atoms with Crippen LogP contribution in [0, 0.1) is 5.92 Å². The fourth-order valence-corrected chi connectivity index (χ4v) is 1.92. The van der Waals surface area contributed by atoms with Crippen LogP contribution in [0.2, 0.25) is 0 Å². The van der Waals surface area contributed by atoms with E-state index < -0.39 is 30.0 Å². The van der Waals surface area contributed by atoms with Crippen LogP contribution in [0.3, 0.4) is 0 Å². The van der Waals surface area contributed by atoms with Gasteiger partial charge in [0.05, 0.1) is 12.5 Å². The molecule has 0 aromatic heterocycles. The Bertz CT molecular complexity index is 615. The molecule has 0 heterocycles. The number of carbonyl (C=O) groups excluding carboxylic acids is 3. The summed E-state index contributed by atoms with van der Waals surface area (Å²) in [5.41, 5.74) is 6.36. The molecule has 144 valence electrons. The van der Waals surface area contributed by atoms with Gasteiger partial charge in [-0.15, -0.1) is 0 Å². The Morgan fingerprint density at radius 3 is 2.31 bits per heavy atom. The lowest BCUT2D eigenvalue weighted by atomic mass is 10.1. The van der Waals surface area contributed by atoms with Gasteiger partial charge in [0.1, 0.15) is 25.0 Å². The van der Waals surface area contributed by atoms with Gasteiger partial charge in [0.2, 0.25) is 5.91 Å². The van der Waals surface area contributed by atoms with Gasteiger partial charge in [0.25, 0.3) is 0 Å². The van der Waals surface area contributed by atoms with Crippen LogP contribution in [-0.2, 0) is 30.3 Å². The zero-order chi connectivity index (χ0) is 19.7. The highest BCUT2D eigenvalue weighted by Gasteiger charge is 2.19. The number of phenols is 1. The van der Waals surface area contributed by atoms with Crippen LogP contribution in [0.5, 0.6) is 5.75 Å². The van der Waals surface area contributed by atoms with Crippen molar-refractivity contribution in [3.05, 3.63) is 29.8 Å². The Kier molecular flexibility index (Phi) is 8.57. The molecule has 0 spiro atoms. The number of phenolic OH excluding ortho intramolecular Hbond substituents is 1. The summed E-state index contributed by atoms with van der Waals surface area (Å²) in [5.74, 6) is -1.47. The number of ether oxygens (including phenoxy) is 2.